The van der Waals surface area contributed by atoms with Crippen molar-refractivity contribution in [1.82, 2.24) is 10.3 Å². The maximum absolute atomic E-state index is 12.9. The van der Waals surface area contributed by atoms with Crippen LogP contribution in [-0.2, 0) is 20.7 Å². The van der Waals surface area contributed by atoms with Crippen molar-refractivity contribution in [2.45, 2.75) is 60.9 Å². The number of thioether (sulfide) groups is 1. The van der Waals surface area contributed by atoms with Gasteiger partial charge in [0, 0.05) is 32.3 Å². The summed E-state index contributed by atoms with van der Waals surface area (Å²) in [6.45, 7) is 3.96. The topological polar surface area (TPSA) is 171 Å². The molecule has 204 valence electrons. The highest BCUT2D eigenvalue weighted by molar-refractivity contribution is 8.00. The number of nitriles is 2. The van der Waals surface area contributed by atoms with Gasteiger partial charge < -0.3 is 26.4 Å². The molecule has 1 atom stereocenters. The van der Waals surface area contributed by atoms with Crippen LogP contribution >= 0.6 is 11.8 Å². The summed E-state index contributed by atoms with van der Waals surface area (Å²) < 4.78 is 5.35. The minimum Gasteiger partial charge on any atom is -0.381 e. The number of hydrogen-bond donors (Lipinski definition) is 3. The van der Waals surface area contributed by atoms with Crippen molar-refractivity contribution in [3.63, 3.8) is 0 Å². The predicted molar refractivity (Wildman–Crippen MR) is 148 cm³/mol. The van der Waals surface area contributed by atoms with Gasteiger partial charge in [-0.2, -0.15) is 10.5 Å². The maximum Gasteiger partial charge on any atom is 0.240 e. The van der Waals surface area contributed by atoms with Crippen LogP contribution in [-0.4, -0.2) is 54.7 Å². The molecule has 2 aromatic rings. The molecule has 2 fully saturated rings. The first-order valence-electron chi connectivity index (χ1n) is 13.1. The number of nitrogens with two attached hydrogens (primary N) is 2. The molecule has 1 aromatic carbocycles. The standard InChI is InChI=1S/C28H33N7O3S/c1-2-20-21(16-29)25(34-26(22(20)17-30)39-23(24(31)36)18-6-4-3-5-7-18)35-12-8-19(9-13-35)33-27(37)28(32)10-14-38-15-11-28/h3-7,19,23H,2,8-15,32H2,1H3,(H2,31,36)(H,33,37). The molecule has 0 radical (unpaired) electrons. The molecule has 2 saturated heterocycles. The average Bonchev–Trinajstić information content (AvgIpc) is 2.96. The first kappa shape index (κ1) is 28.4. The zero-order valence-electron chi connectivity index (χ0n) is 22.0. The molecule has 0 spiro atoms. The van der Waals surface area contributed by atoms with Crippen LogP contribution in [0, 0.1) is 22.7 Å². The summed E-state index contributed by atoms with van der Waals surface area (Å²) in [7, 11) is 0. The van der Waals surface area contributed by atoms with Crippen molar-refractivity contribution in [3.8, 4) is 12.1 Å². The fraction of sp³-hybridized carbons (Fsp3) is 0.464. The molecule has 2 aliphatic rings. The molecule has 0 bridgehead atoms. The van der Waals surface area contributed by atoms with Gasteiger partial charge in [-0.1, -0.05) is 49.0 Å². The Labute approximate surface area is 232 Å². The number of pyridine rings is 1. The molecule has 39 heavy (non-hydrogen) atoms. The summed E-state index contributed by atoms with van der Waals surface area (Å²) in [4.78, 5) is 32.1. The highest BCUT2D eigenvalue weighted by atomic mass is 32.2. The minimum atomic E-state index is -0.907. The summed E-state index contributed by atoms with van der Waals surface area (Å²) in [5.41, 5.74) is 13.1. The van der Waals surface area contributed by atoms with Crippen molar-refractivity contribution in [3.05, 3.63) is 52.6 Å². The molecule has 2 amide bonds. The molecular weight excluding hydrogens is 514 g/mol. The third-order valence-electron chi connectivity index (χ3n) is 7.38. The average molecular weight is 548 g/mol. The van der Waals surface area contributed by atoms with E-state index in [1.54, 1.807) is 0 Å². The molecule has 10 nitrogen and oxygen atoms in total. The van der Waals surface area contributed by atoms with E-state index in [1.165, 1.54) is 0 Å². The second-order valence-electron chi connectivity index (χ2n) is 9.86. The smallest absolute Gasteiger partial charge is 0.240 e. The van der Waals surface area contributed by atoms with Crippen molar-refractivity contribution in [2.24, 2.45) is 11.5 Å². The van der Waals surface area contributed by atoms with E-state index in [0.717, 1.165) is 11.8 Å². The lowest BCUT2D eigenvalue weighted by Gasteiger charge is -2.37. The van der Waals surface area contributed by atoms with E-state index in [1.807, 2.05) is 42.2 Å². The van der Waals surface area contributed by atoms with Crippen LogP contribution in [0.2, 0.25) is 0 Å². The Bertz CT molecular complexity index is 1290. The van der Waals surface area contributed by atoms with Gasteiger partial charge in [0.05, 0.1) is 16.7 Å². The number of carbonyl (C=O) groups is 2. The zero-order valence-corrected chi connectivity index (χ0v) is 22.8. The molecule has 1 aromatic heterocycles. The Morgan fingerprint density at radius 3 is 2.38 bits per heavy atom. The number of piperidine rings is 1. The number of hydrogen-bond acceptors (Lipinski definition) is 9. The van der Waals surface area contributed by atoms with Crippen molar-refractivity contribution < 1.29 is 14.3 Å². The van der Waals surface area contributed by atoms with Gasteiger partial charge in [-0.3, -0.25) is 9.59 Å². The van der Waals surface area contributed by atoms with E-state index in [-0.39, 0.29) is 17.5 Å². The number of aromatic nitrogens is 1. The number of primary amides is 1. The highest BCUT2D eigenvalue weighted by Crippen LogP contribution is 2.40. The number of amides is 2. The molecule has 2 aliphatic heterocycles. The van der Waals surface area contributed by atoms with Crippen molar-refractivity contribution >= 4 is 29.4 Å². The monoisotopic (exact) mass is 547 g/mol. The number of benzene rings is 1. The number of nitrogens with one attached hydrogen (secondary N) is 1. The number of rotatable bonds is 8. The molecular formula is C28H33N7O3S. The fourth-order valence-electron chi connectivity index (χ4n) is 5.05. The van der Waals surface area contributed by atoms with Gasteiger partial charge in [-0.15, -0.1) is 0 Å². The summed E-state index contributed by atoms with van der Waals surface area (Å²) in [5.74, 6) is -0.208. The van der Waals surface area contributed by atoms with Crippen molar-refractivity contribution in [2.75, 3.05) is 31.2 Å². The van der Waals surface area contributed by atoms with Crippen LogP contribution in [0.25, 0.3) is 0 Å². The SMILES string of the molecule is CCc1c(C#N)c(SC(C(N)=O)c2ccccc2)nc(N2CCC(NC(=O)C3(N)CCOCC3)CC2)c1C#N. The lowest BCUT2D eigenvalue weighted by Crippen LogP contribution is -2.59. The normalized spacial score (nSPS) is 18.0. The Kier molecular flexibility index (Phi) is 9.08. The van der Waals surface area contributed by atoms with Gasteiger partial charge in [0.25, 0.3) is 0 Å². The molecule has 4 rings (SSSR count). The van der Waals surface area contributed by atoms with E-state index >= 15 is 0 Å². The second-order valence-corrected chi connectivity index (χ2v) is 11.0. The van der Waals surface area contributed by atoms with Crippen LogP contribution in [0.3, 0.4) is 0 Å². The third kappa shape index (κ3) is 6.17. The van der Waals surface area contributed by atoms with Gasteiger partial charge >= 0.3 is 0 Å². The van der Waals surface area contributed by atoms with Crippen LogP contribution in [0.4, 0.5) is 5.82 Å². The number of ether oxygens (including phenoxy) is 1. The van der Waals surface area contributed by atoms with Gasteiger partial charge in [0.15, 0.2) is 0 Å². The second kappa shape index (κ2) is 12.5. The summed E-state index contributed by atoms with van der Waals surface area (Å²) in [5, 5.41) is 22.8. The minimum absolute atomic E-state index is 0.0437. The number of carbonyl (C=O) groups excluding carboxylic acids is 2. The predicted octanol–water partition coefficient (Wildman–Crippen LogP) is 2.30. The molecule has 5 N–H and O–H groups in total. The summed E-state index contributed by atoms with van der Waals surface area (Å²) in [6, 6.07) is 13.5. The first-order chi connectivity index (χ1) is 18.8. The summed E-state index contributed by atoms with van der Waals surface area (Å²) in [6.07, 6.45) is 2.75. The lowest BCUT2D eigenvalue weighted by molar-refractivity contribution is -0.130. The van der Waals surface area contributed by atoms with Crippen molar-refractivity contribution in [1.29, 1.82) is 10.5 Å². The van der Waals surface area contributed by atoms with Crippen LogP contribution in [0.5, 0.6) is 0 Å². The van der Waals surface area contributed by atoms with Gasteiger partial charge in [0.2, 0.25) is 11.8 Å². The molecule has 0 aliphatic carbocycles. The van der Waals surface area contributed by atoms with E-state index < -0.39 is 16.7 Å². The van der Waals surface area contributed by atoms with Gasteiger partial charge in [-0.05, 0) is 43.2 Å². The largest absolute Gasteiger partial charge is 0.381 e. The van der Waals surface area contributed by atoms with E-state index in [9.17, 15) is 20.1 Å². The van der Waals surface area contributed by atoms with Gasteiger partial charge in [0.1, 0.15) is 28.2 Å². The number of anilines is 1. The quantitative estimate of drug-likeness (QED) is 0.419. The van der Waals surface area contributed by atoms with Gasteiger partial charge in [-0.25, -0.2) is 4.98 Å². The number of nitrogens with zero attached hydrogens (tertiary/aromatic N) is 4. The fourth-order valence-corrected chi connectivity index (χ4v) is 6.11. The molecule has 1 unspecified atom stereocenters. The third-order valence-corrected chi connectivity index (χ3v) is 8.64. The highest BCUT2D eigenvalue weighted by Gasteiger charge is 2.37. The Hall–Kier alpha value is -3.64. The molecule has 3 heterocycles. The Morgan fingerprint density at radius 2 is 1.82 bits per heavy atom. The zero-order chi connectivity index (χ0) is 28.0. The van der Waals surface area contributed by atoms with Crippen LogP contribution < -0.4 is 21.7 Å². The van der Waals surface area contributed by atoms with E-state index in [0.29, 0.717) is 85.9 Å². The van der Waals surface area contributed by atoms with E-state index in [2.05, 4.69) is 17.5 Å². The molecule has 11 heteroatoms. The van der Waals surface area contributed by atoms with Crippen LogP contribution in [0.15, 0.2) is 35.4 Å². The Balaban J connectivity index is 1.58. The Morgan fingerprint density at radius 1 is 1.18 bits per heavy atom. The summed E-state index contributed by atoms with van der Waals surface area (Å²) >= 11 is 1.13. The van der Waals surface area contributed by atoms with Crippen LogP contribution in [0.1, 0.15) is 60.1 Å². The maximum atomic E-state index is 12.9. The molecule has 0 saturated carbocycles. The first-order valence-corrected chi connectivity index (χ1v) is 14.0. The van der Waals surface area contributed by atoms with E-state index in [4.69, 9.17) is 21.2 Å². The lowest BCUT2D eigenvalue weighted by atomic mass is 9.89.